The molecule has 2 nitrogen and oxygen atoms in total. The lowest BCUT2D eigenvalue weighted by atomic mass is 10.0. The zero-order chi connectivity index (χ0) is 11.9. The van der Waals surface area contributed by atoms with E-state index < -0.39 is 0 Å². The van der Waals surface area contributed by atoms with E-state index in [9.17, 15) is 0 Å². The smallest absolute Gasteiger partial charge is 0.0267 e. The van der Waals surface area contributed by atoms with E-state index in [1.54, 1.807) is 12.4 Å². The highest BCUT2D eigenvalue weighted by molar-refractivity contribution is 4.88. The molecular weight excluding hydrogens is 196 g/mol. The Morgan fingerprint density at radius 1 is 0.875 bits per heavy atom. The summed E-state index contributed by atoms with van der Waals surface area (Å²) in [4.78, 5) is 6.36. The minimum Gasteiger partial charge on any atom is -0.298 e. The quantitative estimate of drug-likeness (QED) is 0.666. The summed E-state index contributed by atoms with van der Waals surface area (Å²) in [7, 11) is 0. The molecular formula is C14H24N2. The van der Waals surface area contributed by atoms with Gasteiger partial charge in [-0.2, -0.15) is 0 Å². The number of aromatic nitrogens is 1. The lowest BCUT2D eigenvalue weighted by molar-refractivity contribution is 0.111. The Morgan fingerprint density at radius 2 is 1.44 bits per heavy atom. The Kier molecular flexibility index (Phi) is 5.47. The fourth-order valence-corrected chi connectivity index (χ4v) is 1.88. The van der Waals surface area contributed by atoms with E-state index in [1.165, 1.54) is 32.4 Å². The molecule has 0 spiro atoms. The van der Waals surface area contributed by atoms with E-state index in [1.807, 2.05) is 18.2 Å². The van der Waals surface area contributed by atoms with E-state index in [2.05, 4.69) is 30.7 Å². The van der Waals surface area contributed by atoms with Crippen LogP contribution in [0.15, 0.2) is 30.6 Å². The third-order valence-electron chi connectivity index (χ3n) is 2.87. The van der Waals surface area contributed by atoms with Gasteiger partial charge < -0.3 is 0 Å². The molecule has 0 atom stereocenters. The predicted octanol–water partition coefficient (Wildman–Crippen LogP) is 3.35. The second-order valence-electron chi connectivity index (χ2n) is 5.24. The van der Waals surface area contributed by atoms with Crippen molar-refractivity contribution >= 4 is 0 Å². The predicted molar refractivity (Wildman–Crippen MR) is 69.4 cm³/mol. The van der Waals surface area contributed by atoms with Crippen molar-refractivity contribution in [2.45, 2.75) is 45.6 Å². The molecule has 0 N–H and O–H groups in total. The van der Waals surface area contributed by atoms with Gasteiger partial charge >= 0.3 is 0 Å². The monoisotopic (exact) mass is 220 g/mol. The molecule has 1 aromatic rings. The van der Waals surface area contributed by atoms with E-state index >= 15 is 0 Å². The van der Waals surface area contributed by atoms with Gasteiger partial charge in [0.15, 0.2) is 0 Å². The molecule has 0 aromatic carbocycles. The van der Waals surface area contributed by atoms with Gasteiger partial charge in [-0.15, -0.1) is 0 Å². The highest BCUT2D eigenvalue weighted by atomic mass is 15.2. The van der Waals surface area contributed by atoms with Crippen molar-refractivity contribution in [2.75, 3.05) is 13.1 Å². The Bertz CT molecular complexity index is 231. The largest absolute Gasteiger partial charge is 0.298 e. The standard InChI is InChI=1S/C9H19N.C5H5N/c1-9(2,3)10-7-5-4-6-8-10;1-2-4-6-5-3-1/h4-8H2,1-3H3;1-5H. The van der Waals surface area contributed by atoms with Crippen LogP contribution in [-0.4, -0.2) is 28.5 Å². The molecule has 1 saturated heterocycles. The van der Waals surface area contributed by atoms with Crippen LogP contribution in [0.25, 0.3) is 0 Å². The van der Waals surface area contributed by atoms with Crippen molar-refractivity contribution in [1.29, 1.82) is 0 Å². The molecule has 2 heterocycles. The van der Waals surface area contributed by atoms with Gasteiger partial charge in [-0.1, -0.05) is 12.5 Å². The van der Waals surface area contributed by atoms with E-state index in [0.717, 1.165) is 0 Å². The fraction of sp³-hybridized carbons (Fsp3) is 0.643. The molecule has 1 aliphatic heterocycles. The Labute approximate surface area is 99.7 Å². The van der Waals surface area contributed by atoms with Crippen molar-refractivity contribution in [2.24, 2.45) is 0 Å². The van der Waals surface area contributed by atoms with Crippen molar-refractivity contribution in [1.82, 2.24) is 9.88 Å². The van der Waals surface area contributed by atoms with Crippen LogP contribution >= 0.6 is 0 Å². The van der Waals surface area contributed by atoms with Crippen LogP contribution in [0.4, 0.5) is 0 Å². The molecule has 90 valence electrons. The van der Waals surface area contributed by atoms with Gasteiger partial charge in [0, 0.05) is 17.9 Å². The lowest BCUT2D eigenvalue weighted by Gasteiger charge is -2.38. The van der Waals surface area contributed by atoms with Crippen molar-refractivity contribution in [3.8, 4) is 0 Å². The molecule has 0 bridgehead atoms. The molecule has 2 rings (SSSR count). The molecule has 0 amide bonds. The van der Waals surface area contributed by atoms with Gasteiger partial charge in [0.1, 0.15) is 0 Å². The SMILES string of the molecule is CC(C)(C)N1CCCCC1.c1ccncc1. The molecule has 1 aromatic heterocycles. The van der Waals surface area contributed by atoms with Crippen LogP contribution in [0.1, 0.15) is 40.0 Å². The van der Waals surface area contributed by atoms with Crippen LogP contribution < -0.4 is 0 Å². The summed E-state index contributed by atoms with van der Waals surface area (Å²) in [5, 5.41) is 0. The first-order chi connectivity index (χ1) is 7.61. The zero-order valence-corrected chi connectivity index (χ0v) is 10.8. The van der Waals surface area contributed by atoms with Gasteiger partial charge in [0.05, 0.1) is 0 Å². The maximum absolute atomic E-state index is 3.78. The Balaban J connectivity index is 0.000000181. The molecule has 0 unspecified atom stereocenters. The van der Waals surface area contributed by atoms with Gasteiger partial charge in [-0.3, -0.25) is 9.88 Å². The molecule has 2 heteroatoms. The van der Waals surface area contributed by atoms with E-state index in [0.29, 0.717) is 5.54 Å². The molecule has 0 saturated carbocycles. The lowest BCUT2D eigenvalue weighted by Crippen LogP contribution is -2.44. The van der Waals surface area contributed by atoms with Crippen LogP contribution in [0.5, 0.6) is 0 Å². The van der Waals surface area contributed by atoms with Gasteiger partial charge in [-0.05, 0) is 58.8 Å². The average Bonchev–Trinajstić information content (AvgIpc) is 2.32. The number of nitrogens with zero attached hydrogens (tertiary/aromatic N) is 2. The summed E-state index contributed by atoms with van der Waals surface area (Å²) in [6.07, 6.45) is 7.74. The van der Waals surface area contributed by atoms with Gasteiger partial charge in [-0.25, -0.2) is 0 Å². The third kappa shape index (κ3) is 5.26. The van der Waals surface area contributed by atoms with E-state index in [4.69, 9.17) is 0 Å². The first kappa shape index (κ1) is 13.2. The van der Waals surface area contributed by atoms with Crippen LogP contribution in [0.3, 0.4) is 0 Å². The first-order valence-electron chi connectivity index (χ1n) is 6.21. The summed E-state index contributed by atoms with van der Waals surface area (Å²) >= 11 is 0. The minimum absolute atomic E-state index is 0.403. The average molecular weight is 220 g/mol. The number of hydrogen-bond donors (Lipinski definition) is 0. The molecule has 1 aliphatic rings. The first-order valence-corrected chi connectivity index (χ1v) is 6.21. The van der Waals surface area contributed by atoms with Crippen molar-refractivity contribution < 1.29 is 0 Å². The molecule has 1 fully saturated rings. The number of likely N-dealkylation sites (tertiary alicyclic amines) is 1. The normalized spacial score (nSPS) is 17.4. The minimum atomic E-state index is 0.403. The summed E-state index contributed by atoms with van der Waals surface area (Å²) in [6.45, 7) is 9.53. The maximum Gasteiger partial charge on any atom is 0.0267 e. The number of pyridine rings is 1. The summed E-state index contributed by atoms with van der Waals surface area (Å²) in [6, 6.07) is 5.72. The van der Waals surface area contributed by atoms with Crippen LogP contribution in [0.2, 0.25) is 0 Å². The topological polar surface area (TPSA) is 16.1 Å². The summed E-state index contributed by atoms with van der Waals surface area (Å²) < 4.78 is 0. The maximum atomic E-state index is 3.78. The second-order valence-corrected chi connectivity index (χ2v) is 5.24. The van der Waals surface area contributed by atoms with Gasteiger partial charge in [0.25, 0.3) is 0 Å². The number of hydrogen-bond acceptors (Lipinski definition) is 2. The van der Waals surface area contributed by atoms with Crippen molar-refractivity contribution in [3.05, 3.63) is 30.6 Å². The summed E-state index contributed by atoms with van der Waals surface area (Å²) in [5.41, 5.74) is 0.403. The number of piperidine rings is 1. The molecule has 16 heavy (non-hydrogen) atoms. The van der Waals surface area contributed by atoms with Crippen LogP contribution in [0, 0.1) is 0 Å². The Hall–Kier alpha value is -0.890. The highest BCUT2D eigenvalue weighted by Crippen LogP contribution is 2.18. The number of rotatable bonds is 0. The highest BCUT2D eigenvalue weighted by Gasteiger charge is 2.21. The third-order valence-corrected chi connectivity index (χ3v) is 2.87. The second kappa shape index (κ2) is 6.64. The Morgan fingerprint density at radius 3 is 1.69 bits per heavy atom. The van der Waals surface area contributed by atoms with Crippen LogP contribution in [-0.2, 0) is 0 Å². The molecule has 0 radical (unpaired) electrons. The zero-order valence-electron chi connectivity index (χ0n) is 10.8. The van der Waals surface area contributed by atoms with Gasteiger partial charge in [0.2, 0.25) is 0 Å². The molecule has 0 aliphatic carbocycles. The fourth-order valence-electron chi connectivity index (χ4n) is 1.88. The van der Waals surface area contributed by atoms with Crippen molar-refractivity contribution in [3.63, 3.8) is 0 Å². The van der Waals surface area contributed by atoms with E-state index in [-0.39, 0.29) is 0 Å². The summed E-state index contributed by atoms with van der Waals surface area (Å²) in [5.74, 6) is 0.